The van der Waals surface area contributed by atoms with E-state index in [4.69, 9.17) is 0 Å². The van der Waals surface area contributed by atoms with Crippen LogP contribution < -0.4 is 0 Å². The van der Waals surface area contributed by atoms with Crippen molar-refractivity contribution in [2.75, 3.05) is 0 Å². The summed E-state index contributed by atoms with van der Waals surface area (Å²) in [6.07, 6.45) is 0. The second-order valence-corrected chi connectivity index (χ2v) is 5.19. The van der Waals surface area contributed by atoms with Crippen molar-refractivity contribution in [3.05, 3.63) is 59.2 Å². The van der Waals surface area contributed by atoms with Crippen molar-refractivity contribution in [1.82, 2.24) is 0 Å². The zero-order valence-electron chi connectivity index (χ0n) is 10.9. The molecule has 0 aliphatic carbocycles. The van der Waals surface area contributed by atoms with E-state index in [9.17, 15) is 10.2 Å². The Balaban J connectivity index is 2.46. The van der Waals surface area contributed by atoms with Gasteiger partial charge >= 0.3 is 0 Å². The molecule has 0 aliphatic rings. The fourth-order valence-electron chi connectivity index (χ4n) is 2.05. The topological polar surface area (TPSA) is 40.5 Å². The van der Waals surface area contributed by atoms with E-state index in [2.05, 4.69) is 45.0 Å². The van der Waals surface area contributed by atoms with Crippen LogP contribution in [0.4, 0.5) is 0 Å². The number of aryl methyl sites for hydroxylation is 1. The number of rotatable bonds is 2. The SMILES string of the molecule is Cc1ccc(C(C)(C)c2ccc(O)c(O)c2)cc1. The lowest BCUT2D eigenvalue weighted by Gasteiger charge is -2.26. The van der Waals surface area contributed by atoms with Crippen LogP contribution in [0.1, 0.15) is 30.5 Å². The minimum Gasteiger partial charge on any atom is -0.504 e. The molecule has 2 aromatic carbocycles. The van der Waals surface area contributed by atoms with Gasteiger partial charge in [-0.25, -0.2) is 0 Å². The molecule has 2 nitrogen and oxygen atoms in total. The standard InChI is InChI=1S/C16H18O2/c1-11-4-6-12(7-5-11)16(2,3)13-8-9-14(17)15(18)10-13/h4-10,17-18H,1-3H3. The van der Waals surface area contributed by atoms with Crippen LogP contribution in [0.15, 0.2) is 42.5 Å². The van der Waals surface area contributed by atoms with Crippen molar-refractivity contribution in [2.24, 2.45) is 0 Å². The van der Waals surface area contributed by atoms with Crippen molar-refractivity contribution >= 4 is 0 Å². The highest BCUT2D eigenvalue weighted by Gasteiger charge is 2.23. The Morgan fingerprint density at radius 2 is 1.33 bits per heavy atom. The summed E-state index contributed by atoms with van der Waals surface area (Å²) < 4.78 is 0. The van der Waals surface area contributed by atoms with E-state index in [-0.39, 0.29) is 16.9 Å². The summed E-state index contributed by atoms with van der Waals surface area (Å²) in [5.41, 5.74) is 3.17. The molecule has 2 rings (SSSR count). The highest BCUT2D eigenvalue weighted by atomic mass is 16.3. The second kappa shape index (κ2) is 4.37. The number of hydrogen-bond donors (Lipinski definition) is 2. The van der Waals surface area contributed by atoms with Crippen LogP contribution in [0, 0.1) is 6.92 Å². The maximum absolute atomic E-state index is 9.60. The highest BCUT2D eigenvalue weighted by molar-refractivity contribution is 5.46. The van der Waals surface area contributed by atoms with Crippen LogP contribution in [0.2, 0.25) is 0 Å². The molecular weight excluding hydrogens is 224 g/mol. The summed E-state index contributed by atoms with van der Waals surface area (Å²) in [5.74, 6) is -0.161. The molecular formula is C16H18O2. The third-order valence-electron chi connectivity index (χ3n) is 3.47. The molecule has 18 heavy (non-hydrogen) atoms. The Labute approximate surface area is 108 Å². The molecule has 0 spiro atoms. The van der Waals surface area contributed by atoms with Crippen LogP contribution in [-0.4, -0.2) is 10.2 Å². The number of phenols is 2. The Kier molecular flexibility index (Phi) is 3.04. The molecule has 0 fully saturated rings. The summed E-state index contributed by atoms with van der Waals surface area (Å²) in [4.78, 5) is 0. The van der Waals surface area contributed by atoms with Crippen molar-refractivity contribution in [3.8, 4) is 11.5 Å². The smallest absolute Gasteiger partial charge is 0.157 e. The van der Waals surface area contributed by atoms with Crippen molar-refractivity contribution in [2.45, 2.75) is 26.2 Å². The summed E-state index contributed by atoms with van der Waals surface area (Å²) in [6.45, 7) is 6.26. The van der Waals surface area contributed by atoms with Gasteiger partial charge in [0.1, 0.15) is 0 Å². The van der Waals surface area contributed by atoms with Gasteiger partial charge in [-0.1, -0.05) is 49.7 Å². The van der Waals surface area contributed by atoms with Gasteiger partial charge < -0.3 is 10.2 Å². The van der Waals surface area contributed by atoms with Crippen LogP contribution >= 0.6 is 0 Å². The first kappa shape index (κ1) is 12.5. The summed E-state index contributed by atoms with van der Waals surface area (Å²) in [6, 6.07) is 13.3. The molecule has 94 valence electrons. The van der Waals surface area contributed by atoms with E-state index < -0.39 is 0 Å². The van der Waals surface area contributed by atoms with E-state index in [1.165, 1.54) is 17.2 Å². The summed E-state index contributed by atoms with van der Waals surface area (Å²) in [7, 11) is 0. The van der Waals surface area contributed by atoms with E-state index in [0.717, 1.165) is 5.56 Å². The third kappa shape index (κ3) is 2.19. The van der Waals surface area contributed by atoms with Crippen molar-refractivity contribution in [3.63, 3.8) is 0 Å². The lowest BCUT2D eigenvalue weighted by Crippen LogP contribution is -2.18. The maximum Gasteiger partial charge on any atom is 0.157 e. The van der Waals surface area contributed by atoms with E-state index in [0.29, 0.717) is 0 Å². The monoisotopic (exact) mass is 242 g/mol. The Hall–Kier alpha value is -1.96. The van der Waals surface area contributed by atoms with Crippen LogP contribution in [-0.2, 0) is 5.41 Å². The lowest BCUT2D eigenvalue weighted by molar-refractivity contribution is 0.402. The van der Waals surface area contributed by atoms with Gasteiger partial charge in [-0.15, -0.1) is 0 Å². The normalized spacial score (nSPS) is 11.5. The first-order valence-corrected chi connectivity index (χ1v) is 6.01. The van der Waals surface area contributed by atoms with Crippen molar-refractivity contribution in [1.29, 1.82) is 0 Å². The Morgan fingerprint density at radius 3 is 1.89 bits per heavy atom. The summed E-state index contributed by atoms with van der Waals surface area (Å²) in [5, 5.41) is 19.0. The van der Waals surface area contributed by atoms with Gasteiger partial charge in [-0.2, -0.15) is 0 Å². The molecule has 0 bridgehead atoms. The molecule has 0 heterocycles. The fraction of sp³-hybridized carbons (Fsp3) is 0.250. The van der Waals surface area contributed by atoms with Crippen LogP contribution in [0.3, 0.4) is 0 Å². The van der Waals surface area contributed by atoms with Crippen LogP contribution in [0.5, 0.6) is 11.5 Å². The third-order valence-corrected chi connectivity index (χ3v) is 3.47. The Bertz CT molecular complexity index is 554. The molecule has 0 saturated carbocycles. The highest BCUT2D eigenvalue weighted by Crippen LogP contribution is 2.36. The number of phenolic OH excluding ortho intramolecular Hbond substituents is 2. The molecule has 0 atom stereocenters. The average molecular weight is 242 g/mol. The quantitative estimate of drug-likeness (QED) is 0.788. The van der Waals surface area contributed by atoms with Gasteiger partial charge in [-0.05, 0) is 30.2 Å². The average Bonchev–Trinajstić information content (AvgIpc) is 2.33. The van der Waals surface area contributed by atoms with Gasteiger partial charge in [0, 0.05) is 5.41 Å². The number of aromatic hydroxyl groups is 2. The maximum atomic E-state index is 9.60. The van der Waals surface area contributed by atoms with Gasteiger partial charge in [-0.3, -0.25) is 0 Å². The van der Waals surface area contributed by atoms with Crippen LogP contribution in [0.25, 0.3) is 0 Å². The minimum absolute atomic E-state index is 0.0762. The van der Waals surface area contributed by atoms with E-state index in [1.54, 1.807) is 6.07 Å². The molecule has 0 radical (unpaired) electrons. The van der Waals surface area contributed by atoms with Gasteiger partial charge in [0.2, 0.25) is 0 Å². The largest absolute Gasteiger partial charge is 0.504 e. The molecule has 0 aromatic heterocycles. The molecule has 0 amide bonds. The molecule has 2 aromatic rings. The van der Waals surface area contributed by atoms with Crippen molar-refractivity contribution < 1.29 is 10.2 Å². The first-order chi connectivity index (χ1) is 8.41. The zero-order chi connectivity index (χ0) is 13.3. The molecule has 0 unspecified atom stereocenters. The molecule has 0 aliphatic heterocycles. The van der Waals surface area contributed by atoms with Gasteiger partial charge in [0.05, 0.1) is 0 Å². The fourth-order valence-corrected chi connectivity index (χ4v) is 2.05. The Morgan fingerprint density at radius 1 is 0.778 bits per heavy atom. The lowest BCUT2D eigenvalue weighted by atomic mass is 9.78. The van der Waals surface area contributed by atoms with Gasteiger partial charge in [0.15, 0.2) is 11.5 Å². The summed E-state index contributed by atoms with van der Waals surface area (Å²) >= 11 is 0. The van der Waals surface area contributed by atoms with E-state index >= 15 is 0 Å². The number of hydrogen-bond acceptors (Lipinski definition) is 2. The van der Waals surface area contributed by atoms with E-state index in [1.807, 2.05) is 6.07 Å². The zero-order valence-corrected chi connectivity index (χ0v) is 10.9. The second-order valence-electron chi connectivity index (χ2n) is 5.19. The minimum atomic E-state index is -0.209. The predicted octanol–water partition coefficient (Wildman–Crippen LogP) is 3.73. The first-order valence-electron chi connectivity index (χ1n) is 6.01. The number of benzene rings is 2. The molecule has 2 N–H and O–H groups in total. The predicted molar refractivity (Wildman–Crippen MR) is 73.1 cm³/mol. The molecule has 2 heteroatoms. The van der Waals surface area contributed by atoms with Gasteiger partial charge in [0.25, 0.3) is 0 Å². The molecule has 0 saturated heterocycles.